The maximum Gasteiger partial charge on any atom is 0.244 e. The number of nitrogens with one attached hydrogen (secondary N) is 2. The zero-order valence-electron chi connectivity index (χ0n) is 18.5. The van der Waals surface area contributed by atoms with E-state index in [1.54, 1.807) is 29.5 Å². The average Bonchev–Trinajstić information content (AvgIpc) is 3.25. The molecule has 5 rings (SSSR count). The Labute approximate surface area is 200 Å². The minimum absolute atomic E-state index is 0.0106. The highest BCUT2D eigenvalue weighted by Crippen LogP contribution is 2.32. The minimum atomic E-state index is -0.265. The van der Waals surface area contributed by atoms with Gasteiger partial charge in [-0.1, -0.05) is 18.2 Å². The highest BCUT2D eigenvalue weighted by atomic mass is 32.1. The summed E-state index contributed by atoms with van der Waals surface area (Å²) in [6, 6.07) is 20.8. The summed E-state index contributed by atoms with van der Waals surface area (Å²) < 4.78 is 1.14. The molecule has 0 bridgehead atoms. The average molecular weight is 471 g/mol. The van der Waals surface area contributed by atoms with E-state index in [1.807, 2.05) is 42.5 Å². The zero-order valence-corrected chi connectivity index (χ0v) is 19.3. The van der Waals surface area contributed by atoms with Crippen molar-refractivity contribution in [1.82, 2.24) is 4.98 Å². The van der Waals surface area contributed by atoms with Gasteiger partial charge in [0.15, 0.2) is 0 Å². The number of thiazole rings is 1. The molecule has 1 aliphatic heterocycles. The Bertz CT molecular complexity index is 1410. The summed E-state index contributed by atoms with van der Waals surface area (Å²) in [7, 11) is 0. The van der Waals surface area contributed by atoms with Crippen LogP contribution in [-0.4, -0.2) is 29.3 Å². The molecule has 2 N–H and O–H groups in total. The molecular weight excluding hydrogens is 448 g/mol. The number of aromatic nitrogens is 1. The Hall–Kier alpha value is -4.04. The molecule has 0 radical (unpaired) electrons. The van der Waals surface area contributed by atoms with Crippen molar-refractivity contribution >= 4 is 56.3 Å². The fraction of sp³-hybridized carbons (Fsp3) is 0.154. The summed E-state index contributed by atoms with van der Waals surface area (Å²) in [5.41, 5.74) is 5.05. The molecule has 0 aliphatic carbocycles. The summed E-state index contributed by atoms with van der Waals surface area (Å²) in [5.74, 6) is -0.773. The van der Waals surface area contributed by atoms with Gasteiger partial charge in [0.25, 0.3) is 0 Å². The molecule has 0 spiro atoms. The number of hydrogen-bond acceptors (Lipinski definition) is 5. The van der Waals surface area contributed by atoms with Gasteiger partial charge in [-0.25, -0.2) is 4.98 Å². The predicted octanol–water partition coefficient (Wildman–Crippen LogP) is 4.98. The number of aryl methyl sites for hydroxylation is 1. The van der Waals surface area contributed by atoms with Gasteiger partial charge in [-0.2, -0.15) is 0 Å². The van der Waals surface area contributed by atoms with Crippen molar-refractivity contribution in [1.29, 1.82) is 0 Å². The van der Waals surface area contributed by atoms with Crippen molar-refractivity contribution < 1.29 is 14.4 Å². The number of rotatable bonds is 5. The number of para-hydroxylation sites is 2. The highest BCUT2D eigenvalue weighted by Gasteiger charge is 2.26. The maximum atomic E-state index is 12.7. The smallest absolute Gasteiger partial charge is 0.244 e. The predicted molar refractivity (Wildman–Crippen MR) is 135 cm³/mol. The van der Waals surface area contributed by atoms with Gasteiger partial charge in [0.1, 0.15) is 11.6 Å². The molecular formula is C26H22N4O3S. The van der Waals surface area contributed by atoms with E-state index in [9.17, 15) is 14.4 Å². The molecule has 3 amide bonds. The van der Waals surface area contributed by atoms with Crippen LogP contribution in [-0.2, 0) is 14.4 Å². The molecule has 34 heavy (non-hydrogen) atoms. The second-order valence-corrected chi connectivity index (χ2v) is 9.19. The number of anilines is 3. The Morgan fingerprint density at radius 2 is 1.85 bits per heavy atom. The van der Waals surface area contributed by atoms with Gasteiger partial charge in [0, 0.05) is 24.1 Å². The van der Waals surface area contributed by atoms with Crippen LogP contribution in [0.15, 0.2) is 66.7 Å². The third-order valence-electron chi connectivity index (χ3n) is 5.60. The first-order chi connectivity index (χ1) is 16.5. The molecule has 7 nitrogen and oxygen atoms in total. The van der Waals surface area contributed by atoms with Crippen molar-refractivity contribution in [2.45, 2.75) is 19.8 Å². The largest absolute Gasteiger partial charge is 0.326 e. The van der Waals surface area contributed by atoms with Crippen LogP contribution < -0.4 is 15.5 Å². The minimum Gasteiger partial charge on any atom is -0.326 e. The van der Waals surface area contributed by atoms with E-state index >= 15 is 0 Å². The maximum absolute atomic E-state index is 12.7. The van der Waals surface area contributed by atoms with Crippen LogP contribution in [0.5, 0.6) is 0 Å². The molecule has 4 aromatic rings. The van der Waals surface area contributed by atoms with Crippen molar-refractivity contribution in [2.24, 2.45) is 0 Å². The molecule has 0 saturated carbocycles. The Morgan fingerprint density at radius 3 is 2.68 bits per heavy atom. The van der Waals surface area contributed by atoms with Gasteiger partial charge in [-0.3, -0.25) is 14.4 Å². The Morgan fingerprint density at radius 1 is 1.06 bits per heavy atom. The van der Waals surface area contributed by atoms with E-state index in [-0.39, 0.29) is 37.1 Å². The highest BCUT2D eigenvalue weighted by molar-refractivity contribution is 7.21. The molecule has 2 heterocycles. The van der Waals surface area contributed by atoms with Gasteiger partial charge < -0.3 is 15.5 Å². The third-order valence-corrected chi connectivity index (χ3v) is 6.66. The Kier molecular flexibility index (Phi) is 5.81. The number of amides is 3. The van der Waals surface area contributed by atoms with Crippen LogP contribution >= 0.6 is 11.3 Å². The van der Waals surface area contributed by atoms with Crippen molar-refractivity contribution in [3.05, 3.63) is 72.3 Å². The SMILES string of the molecule is Cc1ccc2nc(-c3ccc(NC(=O)CCC(=O)N4CC(=O)Nc5ccccc54)cc3)sc2c1. The van der Waals surface area contributed by atoms with Crippen molar-refractivity contribution in [3.63, 3.8) is 0 Å². The monoisotopic (exact) mass is 470 g/mol. The molecule has 3 aromatic carbocycles. The Balaban J connectivity index is 1.20. The van der Waals surface area contributed by atoms with Crippen molar-refractivity contribution in [2.75, 3.05) is 22.1 Å². The summed E-state index contributed by atoms with van der Waals surface area (Å²) in [5, 5.41) is 6.51. The molecule has 170 valence electrons. The molecule has 0 atom stereocenters. The summed E-state index contributed by atoms with van der Waals surface area (Å²) in [6.45, 7) is 2.01. The zero-order chi connectivity index (χ0) is 23.7. The number of fused-ring (bicyclic) bond motifs is 2. The lowest BCUT2D eigenvalue weighted by Crippen LogP contribution is -2.42. The van der Waals surface area contributed by atoms with E-state index in [0.29, 0.717) is 17.1 Å². The molecule has 0 fully saturated rings. The number of carbonyl (C=O) groups excluding carboxylic acids is 3. The van der Waals surface area contributed by atoms with Crippen LogP contribution in [0.2, 0.25) is 0 Å². The lowest BCUT2D eigenvalue weighted by Gasteiger charge is -2.29. The van der Waals surface area contributed by atoms with Gasteiger partial charge in [0.05, 0.1) is 21.6 Å². The number of benzene rings is 3. The van der Waals surface area contributed by atoms with Gasteiger partial charge in [-0.05, 0) is 61.0 Å². The number of carbonyl (C=O) groups is 3. The fourth-order valence-corrected chi connectivity index (χ4v) is 4.96. The standard InChI is InChI=1S/C26H22N4O3S/c1-16-6-11-20-22(14-16)34-26(29-20)17-7-9-18(10-8-17)27-23(31)12-13-25(33)30-15-24(32)28-19-4-2-3-5-21(19)30/h2-11,14H,12-13,15H2,1H3,(H,27,31)(H,28,32). The number of nitrogens with zero attached hydrogens (tertiary/aromatic N) is 2. The van der Waals surface area contributed by atoms with E-state index < -0.39 is 0 Å². The first-order valence-electron chi connectivity index (χ1n) is 10.9. The van der Waals surface area contributed by atoms with Crippen LogP contribution in [0, 0.1) is 6.92 Å². The molecule has 1 aliphatic rings. The summed E-state index contributed by atoms with van der Waals surface area (Å²) >= 11 is 1.64. The van der Waals surface area contributed by atoms with E-state index in [4.69, 9.17) is 0 Å². The first kappa shape index (κ1) is 21.8. The third kappa shape index (κ3) is 4.53. The molecule has 0 saturated heterocycles. The lowest BCUT2D eigenvalue weighted by atomic mass is 10.1. The van der Waals surface area contributed by atoms with Crippen LogP contribution in [0.1, 0.15) is 18.4 Å². The molecule has 0 unspecified atom stereocenters. The number of hydrogen-bond donors (Lipinski definition) is 2. The summed E-state index contributed by atoms with van der Waals surface area (Å²) in [6.07, 6.45) is 0.0365. The molecule has 1 aromatic heterocycles. The normalized spacial score (nSPS) is 12.9. The van der Waals surface area contributed by atoms with E-state index in [2.05, 4.69) is 28.6 Å². The summed E-state index contributed by atoms with van der Waals surface area (Å²) in [4.78, 5) is 43.2. The van der Waals surface area contributed by atoms with Crippen LogP contribution in [0.25, 0.3) is 20.8 Å². The van der Waals surface area contributed by atoms with Gasteiger partial charge in [0.2, 0.25) is 17.7 Å². The second kappa shape index (κ2) is 9.07. The van der Waals surface area contributed by atoms with Crippen molar-refractivity contribution in [3.8, 4) is 10.6 Å². The van der Waals surface area contributed by atoms with Gasteiger partial charge >= 0.3 is 0 Å². The van der Waals surface area contributed by atoms with Gasteiger partial charge in [-0.15, -0.1) is 11.3 Å². The quantitative estimate of drug-likeness (QED) is 0.431. The van der Waals surface area contributed by atoms with Crippen LogP contribution in [0.3, 0.4) is 0 Å². The van der Waals surface area contributed by atoms with E-state index in [1.165, 1.54) is 10.5 Å². The fourth-order valence-electron chi connectivity index (χ4n) is 3.89. The van der Waals surface area contributed by atoms with E-state index in [0.717, 1.165) is 20.8 Å². The topological polar surface area (TPSA) is 91.4 Å². The second-order valence-electron chi connectivity index (χ2n) is 8.16. The molecule has 8 heteroatoms. The van der Waals surface area contributed by atoms with Crippen LogP contribution in [0.4, 0.5) is 17.1 Å². The lowest BCUT2D eigenvalue weighted by molar-refractivity contribution is -0.124. The first-order valence-corrected chi connectivity index (χ1v) is 11.7.